The molecule has 1 heterocycles. The van der Waals surface area contributed by atoms with Gasteiger partial charge in [-0.25, -0.2) is 0 Å². The lowest BCUT2D eigenvalue weighted by Crippen LogP contribution is -2.17. The molecule has 0 bridgehead atoms. The summed E-state index contributed by atoms with van der Waals surface area (Å²) in [6, 6.07) is 0. The number of nitrogens with one attached hydrogen (secondary N) is 2. The molecule has 11 heavy (non-hydrogen) atoms. The Kier molecular flexibility index (Phi) is 2.50. The second-order valence-corrected chi connectivity index (χ2v) is 1.72. The van der Waals surface area contributed by atoms with Crippen molar-refractivity contribution in [3.05, 3.63) is 0 Å². The molecule has 0 aromatic carbocycles. The van der Waals surface area contributed by atoms with Crippen LogP contribution in [0.4, 0.5) is 5.95 Å². The second-order valence-electron chi connectivity index (χ2n) is 1.72. The third kappa shape index (κ3) is 2.30. The van der Waals surface area contributed by atoms with Crippen LogP contribution in [0.5, 0.6) is 0 Å². The van der Waals surface area contributed by atoms with Crippen molar-refractivity contribution in [3.8, 4) is 0 Å². The summed E-state index contributed by atoms with van der Waals surface area (Å²) >= 11 is 0. The molecule has 0 aliphatic carbocycles. The van der Waals surface area contributed by atoms with Gasteiger partial charge in [-0.05, 0) is 5.21 Å². The number of aromatic amines is 1. The SMILES string of the molecule is COCC(=O)Nc1nn[nH]n1. The lowest BCUT2D eigenvalue weighted by molar-refractivity contribution is -0.119. The molecule has 1 aromatic heterocycles. The van der Waals surface area contributed by atoms with E-state index in [1.165, 1.54) is 7.11 Å². The van der Waals surface area contributed by atoms with E-state index in [2.05, 4.69) is 30.7 Å². The highest BCUT2D eigenvalue weighted by atomic mass is 16.5. The van der Waals surface area contributed by atoms with E-state index in [9.17, 15) is 4.79 Å². The fourth-order valence-corrected chi connectivity index (χ4v) is 0.507. The Bertz CT molecular complexity index is 220. The summed E-state index contributed by atoms with van der Waals surface area (Å²) < 4.78 is 4.55. The molecule has 7 nitrogen and oxygen atoms in total. The van der Waals surface area contributed by atoms with Crippen LogP contribution in [-0.2, 0) is 9.53 Å². The molecule has 0 atom stereocenters. The van der Waals surface area contributed by atoms with Crippen LogP contribution in [0.25, 0.3) is 0 Å². The highest BCUT2D eigenvalue weighted by Crippen LogP contribution is 1.88. The summed E-state index contributed by atoms with van der Waals surface area (Å²) in [5.41, 5.74) is 0. The van der Waals surface area contributed by atoms with Crippen molar-refractivity contribution in [3.63, 3.8) is 0 Å². The van der Waals surface area contributed by atoms with Crippen LogP contribution in [0, 0.1) is 0 Å². The molecule has 1 amide bonds. The number of amides is 1. The highest BCUT2D eigenvalue weighted by molar-refractivity contribution is 5.89. The lowest BCUT2D eigenvalue weighted by Gasteiger charge is -1.96. The predicted molar refractivity (Wildman–Crippen MR) is 34.7 cm³/mol. The van der Waals surface area contributed by atoms with Gasteiger partial charge in [-0.1, -0.05) is 5.10 Å². The minimum atomic E-state index is -0.311. The van der Waals surface area contributed by atoms with Gasteiger partial charge in [0.05, 0.1) is 0 Å². The van der Waals surface area contributed by atoms with Gasteiger partial charge in [0.15, 0.2) is 0 Å². The van der Waals surface area contributed by atoms with Crippen LogP contribution < -0.4 is 5.32 Å². The maximum absolute atomic E-state index is 10.8. The molecular weight excluding hydrogens is 150 g/mol. The van der Waals surface area contributed by atoms with E-state index in [4.69, 9.17) is 0 Å². The molecule has 60 valence electrons. The van der Waals surface area contributed by atoms with E-state index in [-0.39, 0.29) is 18.5 Å². The zero-order valence-corrected chi connectivity index (χ0v) is 5.87. The summed E-state index contributed by atoms with van der Waals surface area (Å²) in [5.74, 6) is -0.166. The summed E-state index contributed by atoms with van der Waals surface area (Å²) in [6.07, 6.45) is 0. The van der Waals surface area contributed by atoms with Crippen LogP contribution in [0.3, 0.4) is 0 Å². The van der Waals surface area contributed by atoms with Crippen molar-refractivity contribution in [2.75, 3.05) is 19.0 Å². The van der Waals surface area contributed by atoms with Gasteiger partial charge in [0.1, 0.15) is 6.61 Å². The number of carbonyl (C=O) groups excluding carboxylic acids is 1. The van der Waals surface area contributed by atoms with Crippen molar-refractivity contribution < 1.29 is 9.53 Å². The number of tetrazole rings is 1. The minimum absolute atomic E-state index is 0.0193. The summed E-state index contributed by atoms with van der Waals surface area (Å²) in [7, 11) is 1.43. The molecule has 0 spiro atoms. The third-order valence-electron chi connectivity index (χ3n) is 0.872. The molecule has 0 saturated carbocycles. The summed E-state index contributed by atoms with van der Waals surface area (Å²) in [6.45, 7) is -0.0193. The maximum Gasteiger partial charge on any atom is 0.269 e. The van der Waals surface area contributed by atoms with Crippen LogP contribution >= 0.6 is 0 Å². The predicted octanol–water partition coefficient (Wildman–Crippen LogP) is -1.22. The number of nitrogens with zero attached hydrogens (tertiary/aromatic N) is 3. The molecule has 0 saturated heterocycles. The summed E-state index contributed by atoms with van der Waals surface area (Å²) in [5, 5.41) is 14.8. The van der Waals surface area contributed by atoms with Crippen LogP contribution in [0.1, 0.15) is 0 Å². The van der Waals surface area contributed by atoms with Gasteiger partial charge in [0, 0.05) is 7.11 Å². The second kappa shape index (κ2) is 3.62. The van der Waals surface area contributed by atoms with E-state index in [0.717, 1.165) is 0 Å². The molecule has 1 rings (SSSR count). The van der Waals surface area contributed by atoms with Crippen LogP contribution in [-0.4, -0.2) is 40.2 Å². The van der Waals surface area contributed by atoms with E-state index < -0.39 is 0 Å². The fraction of sp³-hybridized carbons (Fsp3) is 0.500. The fourth-order valence-electron chi connectivity index (χ4n) is 0.507. The number of rotatable bonds is 3. The van der Waals surface area contributed by atoms with Crippen molar-refractivity contribution >= 4 is 11.9 Å². The Hall–Kier alpha value is -1.50. The van der Waals surface area contributed by atoms with E-state index in [0.29, 0.717) is 0 Å². The third-order valence-corrected chi connectivity index (χ3v) is 0.872. The number of ether oxygens (including phenoxy) is 1. The Labute approximate surface area is 62.1 Å². The standard InChI is InChI=1S/C4H7N5O2/c1-11-2-3(10)5-4-6-8-9-7-4/h2H2,1H3,(H2,5,6,7,8,9,10). The molecule has 0 aliphatic heterocycles. The Morgan fingerprint density at radius 2 is 2.64 bits per heavy atom. The average molecular weight is 157 g/mol. The first-order chi connectivity index (χ1) is 5.33. The van der Waals surface area contributed by atoms with Crippen molar-refractivity contribution in [2.24, 2.45) is 0 Å². The largest absolute Gasteiger partial charge is 0.375 e. The van der Waals surface area contributed by atoms with Crippen LogP contribution in [0.15, 0.2) is 0 Å². The smallest absolute Gasteiger partial charge is 0.269 e. The zero-order valence-electron chi connectivity index (χ0n) is 5.87. The first-order valence-electron chi connectivity index (χ1n) is 2.85. The molecular formula is C4H7N5O2. The maximum atomic E-state index is 10.8. The van der Waals surface area contributed by atoms with Gasteiger partial charge in [-0.2, -0.15) is 5.21 Å². The molecule has 0 unspecified atom stereocenters. The number of anilines is 1. The molecule has 0 aliphatic rings. The molecule has 2 N–H and O–H groups in total. The topological polar surface area (TPSA) is 92.8 Å². The first kappa shape index (κ1) is 7.61. The van der Waals surface area contributed by atoms with Gasteiger partial charge >= 0.3 is 0 Å². The monoisotopic (exact) mass is 157 g/mol. The summed E-state index contributed by atoms with van der Waals surface area (Å²) in [4.78, 5) is 10.8. The van der Waals surface area contributed by atoms with E-state index >= 15 is 0 Å². The normalized spacial score (nSPS) is 9.55. The van der Waals surface area contributed by atoms with E-state index in [1.54, 1.807) is 0 Å². The quantitative estimate of drug-likeness (QED) is 0.574. The molecule has 0 fully saturated rings. The van der Waals surface area contributed by atoms with Gasteiger partial charge in [-0.3, -0.25) is 10.1 Å². The first-order valence-corrected chi connectivity index (χ1v) is 2.85. The lowest BCUT2D eigenvalue weighted by atomic mass is 10.6. The molecule has 7 heteroatoms. The number of aromatic nitrogens is 4. The number of hydrogen-bond donors (Lipinski definition) is 2. The van der Waals surface area contributed by atoms with Gasteiger partial charge in [0.25, 0.3) is 11.9 Å². The Balaban J connectivity index is 2.37. The van der Waals surface area contributed by atoms with Gasteiger partial charge in [0.2, 0.25) is 0 Å². The number of methoxy groups -OCH3 is 1. The van der Waals surface area contributed by atoms with Crippen molar-refractivity contribution in [1.29, 1.82) is 0 Å². The van der Waals surface area contributed by atoms with Crippen molar-refractivity contribution in [1.82, 2.24) is 20.6 Å². The number of carbonyl (C=O) groups is 1. The zero-order chi connectivity index (χ0) is 8.10. The van der Waals surface area contributed by atoms with Crippen LogP contribution in [0.2, 0.25) is 0 Å². The van der Waals surface area contributed by atoms with Crippen molar-refractivity contribution in [2.45, 2.75) is 0 Å². The average Bonchev–Trinajstić information content (AvgIpc) is 2.40. The molecule has 0 radical (unpaired) electrons. The van der Waals surface area contributed by atoms with Gasteiger partial charge in [-0.15, -0.1) is 5.10 Å². The Morgan fingerprint density at radius 1 is 1.82 bits per heavy atom. The number of hydrogen-bond acceptors (Lipinski definition) is 5. The number of H-pyrrole nitrogens is 1. The highest BCUT2D eigenvalue weighted by Gasteiger charge is 2.02. The van der Waals surface area contributed by atoms with E-state index in [1.807, 2.05) is 0 Å². The minimum Gasteiger partial charge on any atom is -0.375 e. The van der Waals surface area contributed by atoms with Gasteiger partial charge < -0.3 is 4.74 Å². The molecule has 1 aromatic rings. The Morgan fingerprint density at radius 3 is 3.18 bits per heavy atom.